The Kier molecular flexibility index (Phi) is 5.63. The molecule has 6 heteroatoms. The van der Waals surface area contributed by atoms with Crippen molar-refractivity contribution < 1.29 is 18.7 Å². The number of hydrogen-bond acceptors (Lipinski definition) is 4. The largest absolute Gasteiger partial charge is 0.495 e. The highest BCUT2D eigenvalue weighted by molar-refractivity contribution is 9.10. The zero-order valence-corrected chi connectivity index (χ0v) is 16.0. The standard InChI is InChI=1S/C20H18BrNO4/c1-13-3-9-18(24-2)17(11-13)22-20(23)19-10-8-16(26-19)12-25-15-6-4-14(21)5-7-15/h3-11H,12H2,1-2H3,(H,22,23). The zero-order chi connectivity index (χ0) is 18.5. The molecule has 0 aliphatic carbocycles. The van der Waals surface area contributed by atoms with Gasteiger partial charge in [0.1, 0.15) is 23.9 Å². The number of aryl methyl sites for hydroxylation is 1. The maximum absolute atomic E-state index is 12.4. The summed E-state index contributed by atoms with van der Waals surface area (Å²) in [5, 5.41) is 2.81. The molecule has 1 heterocycles. The number of amides is 1. The Labute approximate surface area is 160 Å². The molecule has 0 aliphatic rings. The van der Waals surface area contributed by atoms with E-state index in [0.29, 0.717) is 17.2 Å². The minimum absolute atomic E-state index is 0.211. The van der Waals surface area contributed by atoms with Crippen LogP contribution in [0, 0.1) is 6.92 Å². The summed E-state index contributed by atoms with van der Waals surface area (Å²) >= 11 is 3.38. The number of carbonyl (C=O) groups is 1. The molecule has 26 heavy (non-hydrogen) atoms. The van der Waals surface area contributed by atoms with Crippen molar-refractivity contribution >= 4 is 27.5 Å². The lowest BCUT2D eigenvalue weighted by Gasteiger charge is -2.10. The number of halogens is 1. The van der Waals surface area contributed by atoms with Crippen LogP contribution in [0.2, 0.25) is 0 Å². The monoisotopic (exact) mass is 415 g/mol. The fourth-order valence-corrected chi connectivity index (χ4v) is 2.63. The van der Waals surface area contributed by atoms with Gasteiger partial charge in [-0.3, -0.25) is 4.79 Å². The van der Waals surface area contributed by atoms with E-state index in [1.807, 2.05) is 49.4 Å². The number of nitrogens with one attached hydrogen (secondary N) is 1. The predicted molar refractivity (Wildman–Crippen MR) is 103 cm³/mol. The summed E-state index contributed by atoms with van der Waals surface area (Å²) in [5.41, 5.74) is 1.62. The SMILES string of the molecule is COc1ccc(C)cc1NC(=O)c1ccc(COc2ccc(Br)cc2)o1. The quantitative estimate of drug-likeness (QED) is 0.601. The predicted octanol–water partition coefficient (Wildman–Crippen LogP) is 5.19. The first-order valence-corrected chi connectivity index (χ1v) is 8.77. The first kappa shape index (κ1) is 18.1. The summed E-state index contributed by atoms with van der Waals surface area (Å²) in [6.07, 6.45) is 0. The van der Waals surface area contributed by atoms with Crippen LogP contribution in [0.1, 0.15) is 21.9 Å². The van der Waals surface area contributed by atoms with Crippen LogP contribution >= 0.6 is 15.9 Å². The summed E-state index contributed by atoms with van der Waals surface area (Å²) in [4.78, 5) is 12.4. The van der Waals surface area contributed by atoms with E-state index in [1.54, 1.807) is 19.2 Å². The van der Waals surface area contributed by atoms with Gasteiger partial charge in [-0.1, -0.05) is 22.0 Å². The fourth-order valence-electron chi connectivity index (χ4n) is 2.37. The smallest absolute Gasteiger partial charge is 0.291 e. The van der Waals surface area contributed by atoms with E-state index >= 15 is 0 Å². The number of carbonyl (C=O) groups excluding carboxylic acids is 1. The molecule has 2 aromatic carbocycles. The van der Waals surface area contributed by atoms with Crippen LogP contribution in [-0.4, -0.2) is 13.0 Å². The number of hydrogen-bond donors (Lipinski definition) is 1. The van der Waals surface area contributed by atoms with Crippen molar-refractivity contribution in [2.24, 2.45) is 0 Å². The summed E-state index contributed by atoms with van der Waals surface area (Å²) in [5.74, 6) is 1.75. The third-order valence-corrected chi connectivity index (χ3v) is 4.21. The Morgan fingerprint density at radius 3 is 2.62 bits per heavy atom. The van der Waals surface area contributed by atoms with Gasteiger partial charge in [-0.15, -0.1) is 0 Å². The van der Waals surface area contributed by atoms with Crippen molar-refractivity contribution in [1.29, 1.82) is 0 Å². The minimum Gasteiger partial charge on any atom is -0.495 e. The number of benzene rings is 2. The fraction of sp³-hybridized carbons (Fsp3) is 0.150. The van der Waals surface area contributed by atoms with Crippen LogP contribution in [-0.2, 0) is 6.61 Å². The average Bonchev–Trinajstić information content (AvgIpc) is 3.11. The van der Waals surface area contributed by atoms with Crippen molar-refractivity contribution in [1.82, 2.24) is 0 Å². The Hall–Kier alpha value is -2.73. The van der Waals surface area contributed by atoms with Crippen molar-refractivity contribution in [3.8, 4) is 11.5 Å². The molecule has 0 radical (unpaired) electrons. The molecule has 0 unspecified atom stereocenters. The Balaban J connectivity index is 1.64. The van der Waals surface area contributed by atoms with E-state index in [1.165, 1.54) is 0 Å². The molecule has 0 fully saturated rings. The van der Waals surface area contributed by atoms with Gasteiger partial charge >= 0.3 is 0 Å². The molecule has 0 bridgehead atoms. The number of anilines is 1. The molecule has 3 rings (SSSR count). The van der Waals surface area contributed by atoms with Crippen molar-refractivity contribution in [2.45, 2.75) is 13.5 Å². The lowest BCUT2D eigenvalue weighted by atomic mass is 10.2. The molecular formula is C20H18BrNO4. The molecule has 0 saturated heterocycles. The highest BCUT2D eigenvalue weighted by Crippen LogP contribution is 2.26. The summed E-state index contributed by atoms with van der Waals surface area (Å²) in [6.45, 7) is 2.18. The molecule has 1 aromatic heterocycles. The van der Waals surface area contributed by atoms with Crippen LogP contribution in [0.5, 0.6) is 11.5 Å². The number of furan rings is 1. The first-order valence-electron chi connectivity index (χ1n) is 7.98. The summed E-state index contributed by atoms with van der Waals surface area (Å²) < 4.78 is 17.5. The molecule has 0 saturated carbocycles. The van der Waals surface area contributed by atoms with Gasteiger partial charge in [-0.2, -0.15) is 0 Å². The van der Waals surface area contributed by atoms with Crippen molar-refractivity contribution in [3.05, 3.63) is 76.2 Å². The molecular weight excluding hydrogens is 398 g/mol. The van der Waals surface area contributed by atoms with Gasteiger partial charge in [0.2, 0.25) is 0 Å². The molecule has 0 spiro atoms. The molecule has 5 nitrogen and oxygen atoms in total. The van der Waals surface area contributed by atoms with E-state index in [0.717, 1.165) is 15.8 Å². The van der Waals surface area contributed by atoms with E-state index in [9.17, 15) is 4.79 Å². The van der Waals surface area contributed by atoms with E-state index in [4.69, 9.17) is 13.9 Å². The average molecular weight is 416 g/mol. The van der Waals surface area contributed by atoms with Gasteiger partial charge in [0.15, 0.2) is 5.76 Å². The molecule has 3 aromatic rings. The van der Waals surface area contributed by atoms with Gasteiger partial charge in [0.05, 0.1) is 12.8 Å². The lowest BCUT2D eigenvalue weighted by Crippen LogP contribution is -2.12. The number of ether oxygens (including phenoxy) is 2. The van der Waals surface area contributed by atoms with Gasteiger partial charge < -0.3 is 19.2 Å². The second-order valence-corrected chi connectivity index (χ2v) is 6.58. The van der Waals surface area contributed by atoms with E-state index < -0.39 is 0 Å². The molecule has 0 aliphatic heterocycles. The van der Waals surface area contributed by atoms with Gasteiger partial charge in [-0.25, -0.2) is 0 Å². The minimum atomic E-state index is -0.344. The van der Waals surface area contributed by atoms with Crippen molar-refractivity contribution in [3.63, 3.8) is 0 Å². The lowest BCUT2D eigenvalue weighted by molar-refractivity contribution is 0.0992. The number of rotatable bonds is 6. The van der Waals surface area contributed by atoms with Gasteiger partial charge in [0, 0.05) is 4.47 Å². The summed E-state index contributed by atoms with van der Waals surface area (Å²) in [6, 6.07) is 16.4. The highest BCUT2D eigenvalue weighted by Gasteiger charge is 2.14. The van der Waals surface area contributed by atoms with Gasteiger partial charge in [-0.05, 0) is 61.0 Å². The Morgan fingerprint density at radius 2 is 1.88 bits per heavy atom. The zero-order valence-electron chi connectivity index (χ0n) is 14.4. The van der Waals surface area contributed by atoms with E-state index in [-0.39, 0.29) is 18.3 Å². The number of methoxy groups -OCH3 is 1. The first-order chi connectivity index (χ1) is 12.5. The maximum Gasteiger partial charge on any atom is 0.291 e. The molecule has 134 valence electrons. The van der Waals surface area contributed by atoms with Crippen molar-refractivity contribution in [2.75, 3.05) is 12.4 Å². The van der Waals surface area contributed by atoms with Crippen LogP contribution in [0.3, 0.4) is 0 Å². The Bertz CT molecular complexity index is 902. The van der Waals surface area contributed by atoms with Crippen LogP contribution in [0.15, 0.2) is 63.5 Å². The summed E-state index contributed by atoms with van der Waals surface area (Å²) in [7, 11) is 1.56. The third-order valence-electron chi connectivity index (χ3n) is 3.68. The second-order valence-electron chi connectivity index (χ2n) is 5.67. The normalized spacial score (nSPS) is 10.4. The van der Waals surface area contributed by atoms with Crippen LogP contribution in [0.25, 0.3) is 0 Å². The van der Waals surface area contributed by atoms with Gasteiger partial charge in [0.25, 0.3) is 5.91 Å². The molecule has 1 amide bonds. The third kappa shape index (κ3) is 4.46. The molecule has 1 N–H and O–H groups in total. The van der Waals surface area contributed by atoms with Crippen LogP contribution in [0.4, 0.5) is 5.69 Å². The highest BCUT2D eigenvalue weighted by atomic mass is 79.9. The second kappa shape index (κ2) is 8.10. The molecule has 0 atom stereocenters. The Morgan fingerprint density at radius 1 is 1.12 bits per heavy atom. The van der Waals surface area contributed by atoms with Crippen LogP contribution < -0.4 is 14.8 Å². The van der Waals surface area contributed by atoms with E-state index in [2.05, 4.69) is 21.2 Å². The topological polar surface area (TPSA) is 60.7 Å². The maximum atomic E-state index is 12.4.